The van der Waals surface area contributed by atoms with Crippen molar-refractivity contribution in [3.63, 3.8) is 0 Å². The molecular formula is C15H27ClN4O. The second-order valence-corrected chi connectivity index (χ2v) is 5.44. The molecule has 1 N–H and O–H groups in total. The lowest BCUT2D eigenvalue weighted by Crippen LogP contribution is -2.26. The summed E-state index contributed by atoms with van der Waals surface area (Å²) >= 11 is 6.13. The van der Waals surface area contributed by atoms with E-state index >= 15 is 0 Å². The van der Waals surface area contributed by atoms with E-state index in [9.17, 15) is 4.79 Å². The van der Waals surface area contributed by atoms with Crippen molar-refractivity contribution in [3.05, 3.63) is 21.6 Å². The van der Waals surface area contributed by atoms with Gasteiger partial charge in [-0.3, -0.25) is 4.79 Å². The summed E-state index contributed by atoms with van der Waals surface area (Å²) in [6, 6.07) is 0. The highest BCUT2D eigenvalue weighted by molar-refractivity contribution is 6.32. The number of unbranched alkanes of at least 4 members (excludes halogenated alkanes) is 1. The molecule has 5 nitrogen and oxygen atoms in total. The Hall–Kier alpha value is -1.07. The van der Waals surface area contributed by atoms with E-state index in [1.54, 1.807) is 6.20 Å². The molecule has 1 aromatic rings. The van der Waals surface area contributed by atoms with Gasteiger partial charge in [0.2, 0.25) is 0 Å². The third kappa shape index (κ3) is 5.67. The Labute approximate surface area is 132 Å². The molecule has 0 saturated heterocycles. The van der Waals surface area contributed by atoms with Crippen molar-refractivity contribution in [1.82, 2.24) is 14.7 Å². The van der Waals surface area contributed by atoms with Gasteiger partial charge in [-0.25, -0.2) is 4.68 Å². The summed E-state index contributed by atoms with van der Waals surface area (Å²) in [5.74, 6) is 0. The van der Waals surface area contributed by atoms with Gasteiger partial charge in [-0.05, 0) is 32.5 Å². The smallest absolute Gasteiger partial charge is 0.287 e. The molecule has 0 amide bonds. The molecule has 1 rings (SSSR count). The summed E-state index contributed by atoms with van der Waals surface area (Å²) in [5.41, 5.74) is 0.424. The Morgan fingerprint density at radius 1 is 1.29 bits per heavy atom. The van der Waals surface area contributed by atoms with E-state index in [-0.39, 0.29) is 10.6 Å². The van der Waals surface area contributed by atoms with E-state index in [0.717, 1.165) is 45.4 Å². The largest absolute Gasteiger partial charge is 0.382 e. The first kappa shape index (κ1) is 18.0. The fourth-order valence-corrected chi connectivity index (χ4v) is 2.33. The number of aryl methyl sites for hydroxylation is 1. The van der Waals surface area contributed by atoms with Gasteiger partial charge >= 0.3 is 0 Å². The topological polar surface area (TPSA) is 50.2 Å². The van der Waals surface area contributed by atoms with Crippen LogP contribution in [0.15, 0.2) is 11.0 Å². The van der Waals surface area contributed by atoms with Gasteiger partial charge in [0.15, 0.2) is 0 Å². The van der Waals surface area contributed by atoms with Gasteiger partial charge < -0.3 is 10.2 Å². The molecule has 0 atom stereocenters. The predicted octanol–water partition coefficient (Wildman–Crippen LogP) is 2.84. The van der Waals surface area contributed by atoms with Crippen LogP contribution in [0.2, 0.25) is 5.02 Å². The fourth-order valence-electron chi connectivity index (χ4n) is 2.12. The molecule has 6 heteroatoms. The minimum absolute atomic E-state index is 0.209. The lowest BCUT2D eigenvalue weighted by atomic mass is 10.3. The SMILES string of the molecule is CCCCn1ncc(NCCCN(CC)CC)c(Cl)c1=O. The van der Waals surface area contributed by atoms with Crippen molar-refractivity contribution in [2.45, 2.75) is 46.6 Å². The molecule has 120 valence electrons. The monoisotopic (exact) mass is 314 g/mol. The molecule has 0 fully saturated rings. The number of aromatic nitrogens is 2. The van der Waals surface area contributed by atoms with Gasteiger partial charge in [0, 0.05) is 13.1 Å². The molecule has 21 heavy (non-hydrogen) atoms. The molecule has 1 heterocycles. The standard InChI is InChI=1S/C15H27ClN4O/c1-4-7-11-20-15(21)14(16)13(12-18-20)17-9-8-10-19(5-2)6-3/h12,17H,4-11H2,1-3H3. The van der Waals surface area contributed by atoms with Gasteiger partial charge in [-0.2, -0.15) is 5.10 Å². The van der Waals surface area contributed by atoms with Crippen LogP contribution in [0.3, 0.4) is 0 Å². The van der Waals surface area contributed by atoms with Crippen LogP contribution in [0.1, 0.15) is 40.0 Å². The zero-order chi connectivity index (χ0) is 15.7. The van der Waals surface area contributed by atoms with Crippen LogP contribution in [-0.4, -0.2) is 40.9 Å². The average Bonchev–Trinajstić information content (AvgIpc) is 2.50. The van der Waals surface area contributed by atoms with Crippen molar-refractivity contribution in [2.24, 2.45) is 0 Å². The minimum Gasteiger partial charge on any atom is -0.382 e. The van der Waals surface area contributed by atoms with Gasteiger partial charge in [0.1, 0.15) is 5.02 Å². The second kappa shape index (κ2) is 9.79. The number of hydrogen-bond acceptors (Lipinski definition) is 4. The van der Waals surface area contributed by atoms with Crippen molar-refractivity contribution >= 4 is 17.3 Å². The number of halogens is 1. The van der Waals surface area contributed by atoms with Crippen LogP contribution in [0.25, 0.3) is 0 Å². The Bertz CT molecular complexity index is 471. The first-order valence-corrected chi connectivity index (χ1v) is 8.23. The van der Waals surface area contributed by atoms with Crippen LogP contribution >= 0.6 is 11.6 Å². The summed E-state index contributed by atoms with van der Waals surface area (Å²) < 4.78 is 1.44. The van der Waals surface area contributed by atoms with Crippen molar-refractivity contribution < 1.29 is 0 Å². The molecule has 0 bridgehead atoms. The first-order chi connectivity index (χ1) is 10.1. The van der Waals surface area contributed by atoms with Crippen molar-refractivity contribution in [3.8, 4) is 0 Å². The molecule has 1 aromatic heterocycles. The summed E-state index contributed by atoms with van der Waals surface area (Å²) in [4.78, 5) is 14.4. The molecule has 0 aliphatic carbocycles. The zero-order valence-corrected chi connectivity index (χ0v) is 14.1. The van der Waals surface area contributed by atoms with E-state index in [0.29, 0.717) is 12.2 Å². The lowest BCUT2D eigenvalue weighted by Gasteiger charge is -2.18. The summed E-state index contributed by atoms with van der Waals surface area (Å²) in [6.45, 7) is 11.0. The predicted molar refractivity (Wildman–Crippen MR) is 89.3 cm³/mol. The Kier molecular flexibility index (Phi) is 8.38. The highest BCUT2D eigenvalue weighted by Gasteiger charge is 2.08. The van der Waals surface area contributed by atoms with Gasteiger partial charge in [-0.15, -0.1) is 0 Å². The van der Waals surface area contributed by atoms with Gasteiger partial charge in [0.25, 0.3) is 5.56 Å². The van der Waals surface area contributed by atoms with E-state index in [2.05, 4.69) is 36.1 Å². The zero-order valence-electron chi connectivity index (χ0n) is 13.4. The van der Waals surface area contributed by atoms with Crippen molar-refractivity contribution in [1.29, 1.82) is 0 Å². The summed E-state index contributed by atoms with van der Waals surface area (Å²) in [6.07, 6.45) is 4.62. The normalized spacial score (nSPS) is 11.1. The molecule has 0 aliphatic rings. The molecular weight excluding hydrogens is 288 g/mol. The number of nitrogens with zero attached hydrogens (tertiary/aromatic N) is 3. The highest BCUT2D eigenvalue weighted by Crippen LogP contribution is 2.15. The molecule has 0 saturated carbocycles. The van der Waals surface area contributed by atoms with Gasteiger partial charge in [-0.1, -0.05) is 38.8 Å². The van der Waals surface area contributed by atoms with Crippen LogP contribution < -0.4 is 10.9 Å². The maximum atomic E-state index is 12.0. The fraction of sp³-hybridized carbons (Fsp3) is 0.733. The molecule has 0 unspecified atom stereocenters. The molecule has 0 aliphatic heterocycles. The summed E-state index contributed by atoms with van der Waals surface area (Å²) in [5, 5.41) is 7.62. The minimum atomic E-state index is -0.209. The highest BCUT2D eigenvalue weighted by atomic mass is 35.5. The average molecular weight is 315 g/mol. The quantitative estimate of drug-likeness (QED) is 0.675. The van der Waals surface area contributed by atoms with Gasteiger partial charge in [0.05, 0.1) is 11.9 Å². The third-order valence-electron chi connectivity index (χ3n) is 3.57. The Morgan fingerprint density at radius 2 is 2.00 bits per heavy atom. The van der Waals surface area contributed by atoms with E-state index in [1.807, 2.05) is 0 Å². The maximum absolute atomic E-state index is 12.0. The van der Waals surface area contributed by atoms with Crippen LogP contribution in [0.4, 0.5) is 5.69 Å². The number of anilines is 1. The van der Waals surface area contributed by atoms with Crippen molar-refractivity contribution in [2.75, 3.05) is 31.5 Å². The van der Waals surface area contributed by atoms with Crippen LogP contribution in [-0.2, 0) is 6.54 Å². The third-order valence-corrected chi connectivity index (χ3v) is 3.93. The molecule has 0 aromatic carbocycles. The number of nitrogens with one attached hydrogen (secondary N) is 1. The number of hydrogen-bond donors (Lipinski definition) is 1. The maximum Gasteiger partial charge on any atom is 0.287 e. The Balaban J connectivity index is 2.53. The first-order valence-electron chi connectivity index (χ1n) is 7.85. The molecule has 0 spiro atoms. The summed E-state index contributed by atoms with van der Waals surface area (Å²) in [7, 11) is 0. The van der Waals surface area contributed by atoms with Crippen LogP contribution in [0, 0.1) is 0 Å². The van der Waals surface area contributed by atoms with E-state index in [4.69, 9.17) is 11.6 Å². The second-order valence-electron chi connectivity index (χ2n) is 5.06. The van der Waals surface area contributed by atoms with E-state index < -0.39 is 0 Å². The van der Waals surface area contributed by atoms with E-state index in [1.165, 1.54) is 4.68 Å². The molecule has 0 radical (unpaired) electrons. The number of rotatable bonds is 10. The van der Waals surface area contributed by atoms with Crippen LogP contribution in [0.5, 0.6) is 0 Å². The lowest BCUT2D eigenvalue weighted by molar-refractivity contribution is 0.303. The Morgan fingerprint density at radius 3 is 2.62 bits per heavy atom.